The van der Waals surface area contributed by atoms with Crippen LogP contribution in [0.1, 0.15) is 56.3 Å². The van der Waals surface area contributed by atoms with Crippen LogP contribution in [0.3, 0.4) is 0 Å². The van der Waals surface area contributed by atoms with E-state index in [1.807, 2.05) is 13.8 Å². The molecule has 1 atom stereocenters. The summed E-state index contributed by atoms with van der Waals surface area (Å²) in [4.78, 5) is 33.4. The van der Waals surface area contributed by atoms with Gasteiger partial charge in [0.2, 0.25) is 11.8 Å². The Kier molecular flexibility index (Phi) is 5.56. The van der Waals surface area contributed by atoms with Gasteiger partial charge in [0.1, 0.15) is 12.1 Å². The smallest absolute Gasteiger partial charge is 0.254 e. The van der Waals surface area contributed by atoms with E-state index in [2.05, 4.69) is 4.98 Å². The van der Waals surface area contributed by atoms with Crippen molar-refractivity contribution in [2.45, 2.75) is 58.1 Å². The number of rotatable bonds is 6. The second-order valence-electron chi connectivity index (χ2n) is 6.72. The number of ether oxygens (including phenoxy) is 1. The number of carbonyl (C=O) groups excluding carboxylic acids is 2. The summed E-state index contributed by atoms with van der Waals surface area (Å²) in [5.41, 5.74) is 0.545. The van der Waals surface area contributed by atoms with Gasteiger partial charge in [0.25, 0.3) is 5.91 Å². The molecule has 1 aliphatic heterocycles. The lowest BCUT2D eigenvalue weighted by Crippen LogP contribution is -2.47. The Morgan fingerprint density at radius 2 is 2.00 bits per heavy atom. The van der Waals surface area contributed by atoms with E-state index in [9.17, 15) is 9.59 Å². The molecule has 1 saturated carbocycles. The van der Waals surface area contributed by atoms with Gasteiger partial charge in [-0.25, -0.2) is 4.98 Å². The Morgan fingerprint density at radius 3 is 2.64 bits per heavy atom. The molecule has 1 saturated heterocycles. The molecule has 6 heteroatoms. The highest BCUT2D eigenvalue weighted by atomic mass is 16.5. The van der Waals surface area contributed by atoms with E-state index in [-0.39, 0.29) is 24.0 Å². The second-order valence-corrected chi connectivity index (χ2v) is 6.72. The van der Waals surface area contributed by atoms with Crippen LogP contribution in [0, 0.1) is 0 Å². The maximum absolute atomic E-state index is 13.0. The predicted octanol–water partition coefficient (Wildman–Crippen LogP) is 2.49. The lowest BCUT2D eigenvalue weighted by Gasteiger charge is -2.29. The van der Waals surface area contributed by atoms with Gasteiger partial charge >= 0.3 is 0 Å². The second kappa shape index (κ2) is 7.85. The molecular weight excluding hydrogens is 318 g/mol. The van der Waals surface area contributed by atoms with Gasteiger partial charge in [-0.15, -0.1) is 0 Å². The summed E-state index contributed by atoms with van der Waals surface area (Å²) in [6, 6.07) is 3.06. The molecule has 1 aliphatic carbocycles. The number of likely N-dealkylation sites (N-methyl/N-ethyl adjacent to an activating group) is 1. The zero-order valence-corrected chi connectivity index (χ0v) is 15.1. The van der Waals surface area contributed by atoms with Crippen LogP contribution < -0.4 is 4.74 Å². The molecule has 0 spiro atoms. The van der Waals surface area contributed by atoms with Gasteiger partial charge in [0, 0.05) is 37.5 Å². The third kappa shape index (κ3) is 3.78. The van der Waals surface area contributed by atoms with Crippen LogP contribution in [0.2, 0.25) is 0 Å². The summed E-state index contributed by atoms with van der Waals surface area (Å²) in [6.45, 7) is 5.90. The molecule has 1 aromatic heterocycles. The van der Waals surface area contributed by atoms with Crippen LogP contribution in [-0.4, -0.2) is 58.4 Å². The molecule has 0 aromatic carbocycles. The van der Waals surface area contributed by atoms with E-state index in [1.165, 1.54) is 6.42 Å². The third-order valence-electron chi connectivity index (χ3n) is 5.20. The summed E-state index contributed by atoms with van der Waals surface area (Å²) in [7, 11) is 0. The van der Waals surface area contributed by atoms with Crippen molar-refractivity contribution in [2.24, 2.45) is 0 Å². The first-order chi connectivity index (χ1) is 12.1. The van der Waals surface area contributed by atoms with Crippen molar-refractivity contribution in [2.75, 3.05) is 19.6 Å². The fraction of sp³-hybridized carbons (Fsp3) is 0.632. The molecule has 0 N–H and O–H groups in total. The fourth-order valence-corrected chi connectivity index (χ4v) is 3.44. The van der Waals surface area contributed by atoms with E-state index in [0.29, 0.717) is 31.1 Å². The maximum atomic E-state index is 13.0. The number of hydrogen-bond donors (Lipinski definition) is 0. The first kappa shape index (κ1) is 17.7. The molecule has 3 rings (SSSR count). The number of carbonyl (C=O) groups is 2. The van der Waals surface area contributed by atoms with E-state index in [1.54, 1.807) is 28.1 Å². The Morgan fingerprint density at radius 1 is 1.24 bits per heavy atom. The highest BCUT2D eigenvalue weighted by Gasteiger charge is 2.36. The van der Waals surface area contributed by atoms with Gasteiger partial charge in [-0.1, -0.05) is 0 Å². The van der Waals surface area contributed by atoms with Gasteiger partial charge in [-0.3, -0.25) is 9.59 Å². The molecule has 2 heterocycles. The molecule has 1 unspecified atom stereocenters. The minimum Gasteiger partial charge on any atom is -0.474 e. The molecule has 0 radical (unpaired) electrons. The summed E-state index contributed by atoms with van der Waals surface area (Å²) < 4.78 is 5.79. The zero-order chi connectivity index (χ0) is 17.8. The van der Waals surface area contributed by atoms with Crippen molar-refractivity contribution < 1.29 is 14.3 Å². The first-order valence-electron chi connectivity index (χ1n) is 9.36. The summed E-state index contributed by atoms with van der Waals surface area (Å²) in [5.74, 6) is 0.445. The largest absolute Gasteiger partial charge is 0.474 e. The number of pyridine rings is 1. The van der Waals surface area contributed by atoms with Crippen molar-refractivity contribution in [3.8, 4) is 5.88 Å². The van der Waals surface area contributed by atoms with E-state index in [4.69, 9.17) is 4.74 Å². The number of likely N-dealkylation sites (tertiary alicyclic amines) is 1. The topological polar surface area (TPSA) is 62.7 Å². The van der Waals surface area contributed by atoms with Gasteiger partial charge in [0.05, 0.1) is 0 Å². The first-order valence-corrected chi connectivity index (χ1v) is 9.36. The number of hydrogen-bond acceptors (Lipinski definition) is 4. The van der Waals surface area contributed by atoms with Crippen LogP contribution in [0.15, 0.2) is 18.3 Å². The summed E-state index contributed by atoms with van der Waals surface area (Å²) in [5, 5.41) is 0. The predicted molar refractivity (Wildman–Crippen MR) is 94.5 cm³/mol. The number of amides is 2. The van der Waals surface area contributed by atoms with Crippen LogP contribution in [0.5, 0.6) is 5.88 Å². The minimum atomic E-state index is -0.350. The third-order valence-corrected chi connectivity index (χ3v) is 5.20. The summed E-state index contributed by atoms with van der Waals surface area (Å²) in [6.07, 6.45) is 6.71. The Bertz CT molecular complexity index is 626. The van der Waals surface area contributed by atoms with Crippen LogP contribution in [0.4, 0.5) is 0 Å². The fourth-order valence-electron chi connectivity index (χ4n) is 3.44. The molecule has 6 nitrogen and oxygen atoms in total. The molecule has 1 aromatic rings. The van der Waals surface area contributed by atoms with Crippen LogP contribution in [0.25, 0.3) is 0 Å². The molecular formula is C19H27N3O3. The number of nitrogens with zero attached hydrogens (tertiary/aromatic N) is 3. The highest BCUT2D eigenvalue weighted by Crippen LogP contribution is 2.26. The molecule has 0 bridgehead atoms. The molecule has 2 aliphatic rings. The van der Waals surface area contributed by atoms with E-state index >= 15 is 0 Å². The van der Waals surface area contributed by atoms with Crippen LogP contribution in [-0.2, 0) is 4.79 Å². The van der Waals surface area contributed by atoms with Crippen molar-refractivity contribution >= 4 is 11.8 Å². The monoisotopic (exact) mass is 345 g/mol. The standard InChI is InChI=1S/C19H27N3O3/c1-3-21(4-2)19(24)16-9-6-12-22(16)18(23)14-10-11-20-17(13-14)25-15-7-5-8-15/h10-11,13,15-16H,3-9,12H2,1-2H3. The molecule has 25 heavy (non-hydrogen) atoms. The Hall–Kier alpha value is -2.11. The van der Waals surface area contributed by atoms with Crippen molar-refractivity contribution in [3.63, 3.8) is 0 Å². The van der Waals surface area contributed by atoms with E-state index in [0.717, 1.165) is 25.7 Å². The highest BCUT2D eigenvalue weighted by molar-refractivity contribution is 5.98. The van der Waals surface area contributed by atoms with Crippen molar-refractivity contribution in [1.29, 1.82) is 0 Å². The van der Waals surface area contributed by atoms with Gasteiger partial charge < -0.3 is 14.5 Å². The lowest BCUT2D eigenvalue weighted by atomic mass is 9.96. The Balaban J connectivity index is 1.72. The molecule has 2 fully saturated rings. The number of aromatic nitrogens is 1. The summed E-state index contributed by atoms with van der Waals surface area (Å²) >= 11 is 0. The Labute approximate surface area is 149 Å². The average molecular weight is 345 g/mol. The van der Waals surface area contributed by atoms with Crippen molar-refractivity contribution in [3.05, 3.63) is 23.9 Å². The SMILES string of the molecule is CCN(CC)C(=O)C1CCCN1C(=O)c1ccnc(OC2CCC2)c1. The molecule has 2 amide bonds. The average Bonchev–Trinajstić information content (AvgIpc) is 3.08. The quantitative estimate of drug-likeness (QED) is 0.795. The normalized spacial score (nSPS) is 20.2. The lowest BCUT2D eigenvalue weighted by molar-refractivity contribution is -0.134. The van der Waals surface area contributed by atoms with E-state index < -0.39 is 0 Å². The van der Waals surface area contributed by atoms with Gasteiger partial charge in [-0.2, -0.15) is 0 Å². The zero-order valence-electron chi connectivity index (χ0n) is 15.1. The molecule has 136 valence electrons. The van der Waals surface area contributed by atoms with Crippen LogP contribution >= 0.6 is 0 Å². The minimum absolute atomic E-state index is 0.0517. The maximum Gasteiger partial charge on any atom is 0.254 e. The van der Waals surface area contributed by atoms with Gasteiger partial charge in [-0.05, 0) is 52.0 Å². The van der Waals surface area contributed by atoms with Gasteiger partial charge in [0.15, 0.2) is 0 Å². The van der Waals surface area contributed by atoms with Crippen molar-refractivity contribution in [1.82, 2.24) is 14.8 Å².